The minimum atomic E-state index is -0.329. The van der Waals surface area contributed by atoms with Crippen LogP contribution in [0.25, 0.3) is 11.0 Å². The molecule has 0 unspecified atom stereocenters. The van der Waals surface area contributed by atoms with Crippen LogP contribution < -0.4 is 15.6 Å². The summed E-state index contributed by atoms with van der Waals surface area (Å²) in [5.74, 6) is 0.308. The highest BCUT2D eigenvalue weighted by Gasteiger charge is 2.20. The van der Waals surface area contributed by atoms with E-state index < -0.39 is 0 Å². The van der Waals surface area contributed by atoms with Crippen LogP contribution in [0.3, 0.4) is 0 Å². The van der Waals surface area contributed by atoms with Crippen LogP contribution in [0.2, 0.25) is 0 Å². The van der Waals surface area contributed by atoms with E-state index in [9.17, 15) is 9.59 Å². The predicted molar refractivity (Wildman–Crippen MR) is 98.4 cm³/mol. The van der Waals surface area contributed by atoms with Gasteiger partial charge in [-0.25, -0.2) is 9.67 Å². The van der Waals surface area contributed by atoms with Gasteiger partial charge in [-0.05, 0) is 32.9 Å². The molecule has 136 valence electrons. The molecule has 26 heavy (non-hydrogen) atoms. The third-order valence-corrected chi connectivity index (χ3v) is 3.86. The Morgan fingerprint density at radius 1 is 1.31 bits per heavy atom. The minimum absolute atomic E-state index is 0.139. The van der Waals surface area contributed by atoms with E-state index in [2.05, 4.69) is 15.4 Å². The maximum absolute atomic E-state index is 12.6. The second kappa shape index (κ2) is 6.62. The Kier molecular flexibility index (Phi) is 4.50. The molecule has 0 saturated carbocycles. The lowest BCUT2D eigenvalue weighted by Crippen LogP contribution is -2.29. The molecule has 0 saturated heterocycles. The number of benzene rings is 1. The van der Waals surface area contributed by atoms with Gasteiger partial charge in [-0.2, -0.15) is 5.10 Å². The SMILES string of the molecule is COc1cccc(NC(=O)Cn2cnc3c(cnn3C(C)(C)C)c2=O)c1. The summed E-state index contributed by atoms with van der Waals surface area (Å²) in [4.78, 5) is 29.2. The van der Waals surface area contributed by atoms with Crippen LogP contribution in [0.1, 0.15) is 20.8 Å². The largest absolute Gasteiger partial charge is 0.497 e. The number of nitrogens with one attached hydrogen (secondary N) is 1. The Morgan fingerprint density at radius 2 is 2.08 bits per heavy atom. The first-order chi connectivity index (χ1) is 12.3. The van der Waals surface area contributed by atoms with Crippen molar-refractivity contribution in [3.63, 3.8) is 0 Å². The number of fused-ring (bicyclic) bond motifs is 1. The Labute approximate surface area is 150 Å². The molecule has 1 N–H and O–H groups in total. The van der Waals surface area contributed by atoms with Gasteiger partial charge in [0, 0.05) is 11.8 Å². The number of aromatic nitrogens is 4. The highest BCUT2D eigenvalue weighted by atomic mass is 16.5. The first-order valence-electron chi connectivity index (χ1n) is 8.17. The van der Waals surface area contributed by atoms with Gasteiger partial charge in [0.1, 0.15) is 24.0 Å². The highest BCUT2D eigenvalue weighted by molar-refractivity contribution is 5.90. The summed E-state index contributed by atoms with van der Waals surface area (Å²) in [6.45, 7) is 5.80. The molecule has 0 fully saturated rings. The number of hydrogen-bond donors (Lipinski definition) is 1. The Bertz CT molecular complexity index is 1010. The standard InChI is InChI=1S/C18H21N5O3/c1-18(2,3)23-16-14(9-20-23)17(25)22(11-19-16)10-15(24)21-12-6-5-7-13(8-12)26-4/h5-9,11H,10H2,1-4H3,(H,21,24). The quantitative estimate of drug-likeness (QED) is 0.773. The molecule has 0 aliphatic rings. The average Bonchev–Trinajstić information content (AvgIpc) is 3.02. The normalized spacial score (nSPS) is 11.5. The second-order valence-electron chi connectivity index (χ2n) is 6.92. The Balaban J connectivity index is 1.83. The van der Waals surface area contributed by atoms with Crippen molar-refractivity contribution >= 4 is 22.6 Å². The molecule has 8 nitrogen and oxygen atoms in total. The Hall–Kier alpha value is -3.16. The maximum Gasteiger partial charge on any atom is 0.264 e. The van der Waals surface area contributed by atoms with E-state index >= 15 is 0 Å². The molecular weight excluding hydrogens is 334 g/mol. The summed E-state index contributed by atoms with van der Waals surface area (Å²) in [5.41, 5.74) is 0.507. The van der Waals surface area contributed by atoms with E-state index in [0.29, 0.717) is 22.5 Å². The molecule has 0 aliphatic carbocycles. The van der Waals surface area contributed by atoms with Gasteiger partial charge in [0.15, 0.2) is 5.65 Å². The molecule has 2 aromatic heterocycles. The van der Waals surface area contributed by atoms with Crippen LogP contribution >= 0.6 is 0 Å². The zero-order valence-electron chi connectivity index (χ0n) is 15.2. The van der Waals surface area contributed by atoms with Crippen LogP contribution in [0.4, 0.5) is 5.69 Å². The molecular formula is C18H21N5O3. The number of methoxy groups -OCH3 is 1. The van der Waals surface area contributed by atoms with Gasteiger partial charge < -0.3 is 10.1 Å². The van der Waals surface area contributed by atoms with Gasteiger partial charge in [0.25, 0.3) is 5.56 Å². The summed E-state index contributed by atoms with van der Waals surface area (Å²) in [6.07, 6.45) is 2.87. The zero-order chi connectivity index (χ0) is 18.9. The Morgan fingerprint density at radius 3 is 2.77 bits per heavy atom. The summed E-state index contributed by atoms with van der Waals surface area (Å²) in [5, 5.41) is 7.39. The number of nitrogens with zero attached hydrogens (tertiary/aromatic N) is 4. The molecule has 0 bridgehead atoms. The van der Waals surface area contributed by atoms with E-state index in [0.717, 1.165) is 0 Å². The predicted octanol–water partition coefficient (Wildman–Crippen LogP) is 2.00. The first kappa shape index (κ1) is 17.7. The lowest BCUT2D eigenvalue weighted by molar-refractivity contribution is -0.116. The zero-order valence-corrected chi connectivity index (χ0v) is 15.2. The minimum Gasteiger partial charge on any atom is -0.497 e. The number of amides is 1. The summed E-state index contributed by atoms with van der Waals surface area (Å²) >= 11 is 0. The van der Waals surface area contributed by atoms with Crippen molar-refractivity contribution in [2.24, 2.45) is 0 Å². The molecule has 8 heteroatoms. The van der Waals surface area contributed by atoms with Crippen LogP contribution in [-0.2, 0) is 16.9 Å². The van der Waals surface area contributed by atoms with Crippen LogP contribution in [0.5, 0.6) is 5.75 Å². The van der Waals surface area contributed by atoms with E-state index in [1.54, 1.807) is 36.1 Å². The maximum atomic E-state index is 12.6. The number of hydrogen-bond acceptors (Lipinski definition) is 5. The molecule has 2 heterocycles. The molecule has 1 aromatic carbocycles. The number of ether oxygens (including phenoxy) is 1. The van der Waals surface area contributed by atoms with E-state index in [4.69, 9.17) is 4.74 Å². The number of anilines is 1. The molecule has 0 atom stereocenters. The molecule has 0 aliphatic heterocycles. The fraction of sp³-hybridized carbons (Fsp3) is 0.333. The average molecular weight is 355 g/mol. The molecule has 3 rings (SSSR count). The van der Waals surface area contributed by atoms with Crippen molar-refractivity contribution in [1.29, 1.82) is 0 Å². The third kappa shape index (κ3) is 3.44. The van der Waals surface area contributed by atoms with Gasteiger partial charge in [-0.15, -0.1) is 0 Å². The lowest BCUT2D eigenvalue weighted by Gasteiger charge is -2.19. The summed E-state index contributed by atoms with van der Waals surface area (Å²) < 4.78 is 8.10. The molecule has 0 spiro atoms. The van der Waals surface area contributed by atoms with E-state index in [1.807, 2.05) is 20.8 Å². The van der Waals surface area contributed by atoms with Crippen LogP contribution in [-0.4, -0.2) is 32.3 Å². The van der Waals surface area contributed by atoms with Crippen molar-refractivity contribution in [1.82, 2.24) is 19.3 Å². The fourth-order valence-corrected chi connectivity index (χ4v) is 2.61. The summed E-state index contributed by atoms with van der Waals surface area (Å²) in [7, 11) is 1.55. The van der Waals surface area contributed by atoms with Crippen molar-refractivity contribution in [2.75, 3.05) is 12.4 Å². The van der Waals surface area contributed by atoms with Crippen molar-refractivity contribution < 1.29 is 9.53 Å². The van der Waals surface area contributed by atoms with Crippen molar-refractivity contribution in [3.8, 4) is 5.75 Å². The molecule has 1 amide bonds. The van der Waals surface area contributed by atoms with Gasteiger partial charge in [-0.3, -0.25) is 14.2 Å². The van der Waals surface area contributed by atoms with Crippen molar-refractivity contribution in [2.45, 2.75) is 32.9 Å². The summed E-state index contributed by atoms with van der Waals surface area (Å²) in [6, 6.07) is 7.01. The topological polar surface area (TPSA) is 91.0 Å². The smallest absolute Gasteiger partial charge is 0.264 e. The third-order valence-electron chi connectivity index (χ3n) is 3.86. The van der Waals surface area contributed by atoms with Gasteiger partial charge >= 0.3 is 0 Å². The van der Waals surface area contributed by atoms with Crippen molar-refractivity contribution in [3.05, 3.63) is 47.1 Å². The van der Waals surface area contributed by atoms with Gasteiger partial charge in [-0.1, -0.05) is 6.07 Å². The first-order valence-corrected chi connectivity index (χ1v) is 8.17. The van der Waals surface area contributed by atoms with Crippen LogP contribution in [0, 0.1) is 0 Å². The van der Waals surface area contributed by atoms with Gasteiger partial charge in [0.05, 0.1) is 18.8 Å². The van der Waals surface area contributed by atoms with E-state index in [1.165, 1.54) is 17.1 Å². The molecule has 3 aromatic rings. The van der Waals surface area contributed by atoms with Gasteiger partial charge in [0.2, 0.25) is 5.91 Å². The fourth-order valence-electron chi connectivity index (χ4n) is 2.61. The number of carbonyl (C=O) groups is 1. The second-order valence-corrected chi connectivity index (χ2v) is 6.92. The lowest BCUT2D eigenvalue weighted by atomic mass is 10.1. The number of rotatable bonds is 4. The molecule has 0 radical (unpaired) electrons. The monoisotopic (exact) mass is 355 g/mol. The van der Waals surface area contributed by atoms with E-state index in [-0.39, 0.29) is 23.6 Å². The van der Waals surface area contributed by atoms with Crippen LogP contribution in [0.15, 0.2) is 41.6 Å². The number of carbonyl (C=O) groups excluding carboxylic acids is 1. The highest BCUT2D eigenvalue weighted by Crippen LogP contribution is 2.18.